The summed E-state index contributed by atoms with van der Waals surface area (Å²) >= 11 is 0. The predicted molar refractivity (Wildman–Crippen MR) is 91.6 cm³/mol. The van der Waals surface area contributed by atoms with Gasteiger partial charge in [-0.2, -0.15) is 5.10 Å². The Morgan fingerprint density at radius 3 is 2.79 bits per heavy atom. The lowest BCUT2D eigenvalue weighted by Gasteiger charge is -2.10. The van der Waals surface area contributed by atoms with Crippen molar-refractivity contribution in [1.29, 1.82) is 0 Å². The van der Waals surface area contributed by atoms with Gasteiger partial charge in [0.05, 0.1) is 12.1 Å². The monoisotopic (exact) mass is 320 g/mol. The zero-order valence-electron chi connectivity index (χ0n) is 13.1. The maximum Gasteiger partial charge on any atom is 0.264 e. The molecule has 0 saturated carbocycles. The number of hydrogen-bond donors (Lipinski definition) is 2. The van der Waals surface area contributed by atoms with E-state index in [0.29, 0.717) is 5.69 Å². The molecule has 6 heteroatoms. The van der Waals surface area contributed by atoms with Crippen LogP contribution in [0.2, 0.25) is 0 Å². The Balaban J connectivity index is 1.80. The second kappa shape index (κ2) is 6.87. The van der Waals surface area contributed by atoms with Crippen molar-refractivity contribution in [2.24, 2.45) is 0 Å². The van der Waals surface area contributed by atoms with Crippen LogP contribution >= 0.6 is 0 Å². The van der Waals surface area contributed by atoms with Crippen molar-refractivity contribution in [1.82, 2.24) is 15.2 Å². The average molecular weight is 320 g/mol. The van der Waals surface area contributed by atoms with Crippen molar-refractivity contribution in [2.45, 2.75) is 13.3 Å². The number of H-pyrrole nitrogens is 1. The summed E-state index contributed by atoms with van der Waals surface area (Å²) in [6.45, 7) is 1.92. The minimum atomic E-state index is -0.254. The number of carbonyl (C=O) groups is 1. The lowest BCUT2D eigenvalue weighted by molar-refractivity contribution is -0.115. The molecular weight excluding hydrogens is 304 g/mol. The highest BCUT2D eigenvalue weighted by Gasteiger charge is 2.08. The number of aryl methyl sites for hydroxylation is 1. The first-order chi connectivity index (χ1) is 11.6. The fourth-order valence-corrected chi connectivity index (χ4v) is 2.30. The van der Waals surface area contributed by atoms with E-state index in [-0.39, 0.29) is 17.9 Å². The highest BCUT2D eigenvalue weighted by atomic mass is 16.1. The fraction of sp³-hybridized carbons (Fsp3) is 0.111. The quantitative estimate of drug-likeness (QED) is 0.772. The Labute approximate surface area is 138 Å². The number of amides is 1. The molecule has 0 spiro atoms. The molecule has 0 radical (unpaired) electrons. The highest BCUT2D eigenvalue weighted by Crippen LogP contribution is 2.23. The molecule has 0 atom stereocenters. The molecular formula is C18H16N4O2. The summed E-state index contributed by atoms with van der Waals surface area (Å²) in [5.41, 5.74) is 3.71. The molecule has 1 aromatic carbocycles. The number of anilines is 1. The summed E-state index contributed by atoms with van der Waals surface area (Å²) in [6, 6.07) is 12.4. The zero-order valence-corrected chi connectivity index (χ0v) is 13.1. The van der Waals surface area contributed by atoms with Gasteiger partial charge in [-0.1, -0.05) is 18.2 Å². The lowest BCUT2D eigenvalue weighted by atomic mass is 10.1. The molecule has 3 rings (SSSR count). The molecule has 2 N–H and O–H groups in total. The van der Waals surface area contributed by atoms with Gasteiger partial charge in [0.15, 0.2) is 0 Å². The van der Waals surface area contributed by atoms with Gasteiger partial charge >= 0.3 is 0 Å². The maximum absolute atomic E-state index is 12.2. The van der Waals surface area contributed by atoms with Crippen molar-refractivity contribution in [2.75, 3.05) is 5.32 Å². The zero-order chi connectivity index (χ0) is 16.9. The first kappa shape index (κ1) is 15.6. The van der Waals surface area contributed by atoms with Gasteiger partial charge < -0.3 is 5.32 Å². The summed E-state index contributed by atoms with van der Waals surface area (Å²) in [6.07, 6.45) is 3.60. The van der Waals surface area contributed by atoms with Gasteiger partial charge in [-0.25, -0.2) is 5.10 Å². The molecule has 0 aliphatic carbocycles. The number of rotatable bonds is 4. The van der Waals surface area contributed by atoms with E-state index < -0.39 is 0 Å². The van der Waals surface area contributed by atoms with Crippen molar-refractivity contribution in [3.8, 4) is 11.3 Å². The molecule has 1 amide bonds. The SMILES string of the molecule is Cc1ccc(-c2ccc(=O)[nH]n2)cc1NC(=O)Cc1cccnc1. The molecule has 6 nitrogen and oxygen atoms in total. The Bertz CT molecular complexity index is 899. The van der Waals surface area contributed by atoms with Crippen LogP contribution in [0.5, 0.6) is 0 Å². The molecule has 0 saturated heterocycles. The molecule has 0 bridgehead atoms. The Morgan fingerprint density at radius 1 is 1.21 bits per heavy atom. The van der Waals surface area contributed by atoms with E-state index in [1.807, 2.05) is 31.2 Å². The van der Waals surface area contributed by atoms with Crippen LogP contribution in [-0.4, -0.2) is 21.1 Å². The Morgan fingerprint density at radius 2 is 2.08 bits per heavy atom. The molecule has 0 aliphatic rings. The van der Waals surface area contributed by atoms with E-state index in [2.05, 4.69) is 20.5 Å². The van der Waals surface area contributed by atoms with E-state index in [4.69, 9.17) is 0 Å². The summed E-state index contributed by atoms with van der Waals surface area (Å²) in [7, 11) is 0. The number of nitrogens with one attached hydrogen (secondary N) is 2. The molecule has 2 aromatic heterocycles. The van der Waals surface area contributed by atoms with Gasteiger partial charge in [-0.15, -0.1) is 0 Å². The third-order valence-electron chi connectivity index (χ3n) is 3.57. The predicted octanol–water partition coefficient (Wildman–Crippen LogP) is 2.32. The summed E-state index contributed by atoms with van der Waals surface area (Å²) in [5.74, 6) is -0.113. The van der Waals surface area contributed by atoms with Crippen molar-refractivity contribution >= 4 is 11.6 Å². The van der Waals surface area contributed by atoms with Crippen LogP contribution in [0.4, 0.5) is 5.69 Å². The van der Waals surface area contributed by atoms with Gasteiger partial charge in [0.1, 0.15) is 0 Å². The smallest absolute Gasteiger partial charge is 0.264 e. The van der Waals surface area contributed by atoms with Crippen LogP contribution in [0.25, 0.3) is 11.3 Å². The summed E-state index contributed by atoms with van der Waals surface area (Å²) < 4.78 is 0. The van der Waals surface area contributed by atoms with Crippen molar-refractivity contribution < 1.29 is 4.79 Å². The second-order valence-corrected chi connectivity index (χ2v) is 5.42. The minimum absolute atomic E-state index is 0.113. The molecule has 24 heavy (non-hydrogen) atoms. The third-order valence-corrected chi connectivity index (χ3v) is 3.57. The minimum Gasteiger partial charge on any atom is -0.326 e. The van der Waals surface area contributed by atoms with Gasteiger partial charge in [0, 0.05) is 29.7 Å². The largest absolute Gasteiger partial charge is 0.326 e. The molecule has 120 valence electrons. The standard InChI is InChI=1S/C18H16N4O2/c1-12-4-5-14(15-6-7-17(23)22-21-15)10-16(12)20-18(24)9-13-3-2-8-19-11-13/h2-8,10-11H,9H2,1H3,(H,20,24)(H,22,23). The van der Waals surface area contributed by atoms with E-state index in [9.17, 15) is 9.59 Å². The number of carbonyl (C=O) groups excluding carboxylic acids is 1. The third kappa shape index (κ3) is 3.73. The molecule has 0 unspecified atom stereocenters. The van der Waals surface area contributed by atoms with Crippen molar-refractivity contribution in [3.63, 3.8) is 0 Å². The normalized spacial score (nSPS) is 10.4. The van der Waals surface area contributed by atoms with Gasteiger partial charge in [0.25, 0.3) is 5.56 Å². The highest BCUT2D eigenvalue weighted by molar-refractivity contribution is 5.93. The topological polar surface area (TPSA) is 87.7 Å². The van der Waals surface area contributed by atoms with Crippen LogP contribution in [-0.2, 0) is 11.2 Å². The van der Waals surface area contributed by atoms with E-state index in [1.165, 1.54) is 6.07 Å². The average Bonchev–Trinajstić information content (AvgIpc) is 2.58. The van der Waals surface area contributed by atoms with Crippen molar-refractivity contribution in [3.05, 3.63) is 76.3 Å². The number of aromatic nitrogens is 3. The van der Waals surface area contributed by atoms with Gasteiger partial charge in [-0.3, -0.25) is 14.6 Å². The summed E-state index contributed by atoms with van der Waals surface area (Å²) in [5, 5.41) is 9.33. The second-order valence-electron chi connectivity index (χ2n) is 5.42. The first-order valence-corrected chi connectivity index (χ1v) is 7.47. The van der Waals surface area contributed by atoms with Gasteiger partial charge in [-0.05, 0) is 36.2 Å². The van der Waals surface area contributed by atoms with Crippen LogP contribution in [0.3, 0.4) is 0 Å². The van der Waals surface area contributed by atoms with E-state index >= 15 is 0 Å². The first-order valence-electron chi connectivity index (χ1n) is 7.47. The number of hydrogen-bond acceptors (Lipinski definition) is 4. The lowest BCUT2D eigenvalue weighted by Crippen LogP contribution is -2.15. The fourth-order valence-electron chi connectivity index (χ4n) is 2.30. The molecule has 0 aliphatic heterocycles. The number of aromatic amines is 1. The summed E-state index contributed by atoms with van der Waals surface area (Å²) in [4.78, 5) is 27.3. The molecule has 0 fully saturated rings. The molecule has 3 aromatic rings. The Kier molecular flexibility index (Phi) is 4.47. The van der Waals surface area contributed by atoms with Crippen LogP contribution in [0, 0.1) is 6.92 Å². The van der Waals surface area contributed by atoms with E-state index in [0.717, 1.165) is 22.4 Å². The Hall–Kier alpha value is -3.28. The van der Waals surface area contributed by atoms with Crippen LogP contribution in [0.15, 0.2) is 59.7 Å². The van der Waals surface area contributed by atoms with Crippen LogP contribution < -0.4 is 10.9 Å². The number of pyridine rings is 1. The molecule has 2 heterocycles. The van der Waals surface area contributed by atoms with E-state index in [1.54, 1.807) is 24.5 Å². The maximum atomic E-state index is 12.2. The number of nitrogens with zero attached hydrogens (tertiary/aromatic N) is 2. The van der Waals surface area contributed by atoms with Gasteiger partial charge in [0.2, 0.25) is 5.91 Å². The van der Waals surface area contributed by atoms with Crippen LogP contribution in [0.1, 0.15) is 11.1 Å². The number of benzene rings is 1.